The molecule has 1 N–H and O–H groups in total. The summed E-state index contributed by atoms with van der Waals surface area (Å²) in [4.78, 5) is 12.0. The molecule has 2 aromatic rings. The molecule has 110 valence electrons. The zero-order valence-corrected chi connectivity index (χ0v) is 13.9. The molecule has 0 spiro atoms. The molecule has 0 saturated carbocycles. The lowest BCUT2D eigenvalue weighted by molar-refractivity contribution is -0.113. The van der Waals surface area contributed by atoms with Crippen LogP contribution < -0.4 is 5.32 Å². The Hall–Kier alpha value is -1.37. The van der Waals surface area contributed by atoms with Crippen molar-refractivity contribution >= 4 is 49.0 Å². The quantitative estimate of drug-likeness (QED) is 0.871. The number of halogens is 2. The van der Waals surface area contributed by atoms with Crippen LogP contribution in [0.25, 0.3) is 0 Å². The molecule has 7 heteroatoms. The largest absolute Gasteiger partial charge is 0.325 e. The summed E-state index contributed by atoms with van der Waals surface area (Å²) < 4.78 is 24.8. The van der Waals surface area contributed by atoms with Gasteiger partial charge in [0.05, 0.1) is 9.92 Å². The highest BCUT2D eigenvalue weighted by atomic mass is 79.9. The predicted molar refractivity (Wildman–Crippen MR) is 86.3 cm³/mol. The average molecular weight is 389 g/mol. The first-order chi connectivity index (χ1) is 9.88. The lowest BCUT2D eigenvalue weighted by atomic mass is 10.3. The molecule has 0 radical (unpaired) electrons. The molecule has 0 heterocycles. The first-order valence-electron chi connectivity index (χ1n) is 5.91. The van der Waals surface area contributed by atoms with Gasteiger partial charge in [0, 0.05) is 10.2 Å². The smallest absolute Gasteiger partial charge is 0.239 e. The van der Waals surface area contributed by atoms with Gasteiger partial charge in [-0.3, -0.25) is 4.79 Å². The minimum absolute atomic E-state index is 0.119. The van der Waals surface area contributed by atoms with Gasteiger partial charge in [0.15, 0.2) is 9.84 Å². The molecule has 0 aliphatic carbocycles. The van der Waals surface area contributed by atoms with Crippen LogP contribution in [0.4, 0.5) is 5.69 Å². The van der Waals surface area contributed by atoms with Crippen molar-refractivity contribution in [1.82, 2.24) is 0 Å². The second-order valence-corrected chi connectivity index (χ2v) is 7.50. The van der Waals surface area contributed by atoms with E-state index in [9.17, 15) is 13.2 Å². The number of benzene rings is 2. The van der Waals surface area contributed by atoms with Crippen molar-refractivity contribution in [3.05, 3.63) is 58.0 Å². The normalized spacial score (nSPS) is 11.1. The first kappa shape index (κ1) is 16.0. The van der Waals surface area contributed by atoms with Crippen LogP contribution in [-0.2, 0) is 14.6 Å². The van der Waals surface area contributed by atoms with Crippen LogP contribution in [0.3, 0.4) is 0 Å². The predicted octanol–water partition coefficient (Wildman–Crippen LogP) is 3.51. The van der Waals surface area contributed by atoms with E-state index >= 15 is 0 Å². The van der Waals surface area contributed by atoms with Crippen LogP contribution in [0, 0.1) is 0 Å². The van der Waals surface area contributed by atoms with Gasteiger partial charge in [0.1, 0.15) is 5.75 Å². The number of carbonyl (C=O) groups is 1. The molecule has 4 nitrogen and oxygen atoms in total. The average Bonchev–Trinajstić information content (AvgIpc) is 2.43. The van der Waals surface area contributed by atoms with Gasteiger partial charge in [-0.2, -0.15) is 0 Å². The number of rotatable bonds is 4. The summed E-state index contributed by atoms with van der Waals surface area (Å²) in [5.74, 6) is -1.23. The Balaban J connectivity index is 2.10. The highest BCUT2D eigenvalue weighted by Gasteiger charge is 2.19. The van der Waals surface area contributed by atoms with E-state index in [-0.39, 0.29) is 4.90 Å². The van der Waals surface area contributed by atoms with E-state index in [4.69, 9.17) is 11.6 Å². The second kappa shape index (κ2) is 6.60. The topological polar surface area (TPSA) is 63.2 Å². The maximum Gasteiger partial charge on any atom is 0.239 e. The molecule has 0 unspecified atom stereocenters. The summed E-state index contributed by atoms with van der Waals surface area (Å²) in [7, 11) is -3.65. The molecular formula is C14H11BrClNO3S. The highest BCUT2D eigenvalue weighted by molar-refractivity contribution is 9.10. The van der Waals surface area contributed by atoms with Crippen molar-refractivity contribution in [3.63, 3.8) is 0 Å². The number of amides is 1. The Morgan fingerprint density at radius 2 is 1.81 bits per heavy atom. The lowest BCUT2D eigenvalue weighted by Gasteiger charge is -2.07. The van der Waals surface area contributed by atoms with E-state index in [0.29, 0.717) is 15.2 Å². The van der Waals surface area contributed by atoms with Gasteiger partial charge in [0.2, 0.25) is 5.91 Å². The molecule has 2 aromatic carbocycles. The Morgan fingerprint density at radius 3 is 2.43 bits per heavy atom. The van der Waals surface area contributed by atoms with Crippen molar-refractivity contribution < 1.29 is 13.2 Å². The van der Waals surface area contributed by atoms with Crippen LogP contribution in [0.5, 0.6) is 0 Å². The van der Waals surface area contributed by atoms with Crippen molar-refractivity contribution in [1.29, 1.82) is 0 Å². The summed E-state index contributed by atoms with van der Waals surface area (Å²) in [5.41, 5.74) is 0.441. The molecule has 21 heavy (non-hydrogen) atoms. The van der Waals surface area contributed by atoms with E-state index in [1.54, 1.807) is 36.4 Å². The van der Waals surface area contributed by atoms with Gasteiger partial charge in [-0.1, -0.05) is 29.8 Å². The fourth-order valence-electron chi connectivity index (χ4n) is 1.65. The third-order valence-electron chi connectivity index (χ3n) is 2.63. The highest BCUT2D eigenvalue weighted by Crippen LogP contribution is 2.25. The van der Waals surface area contributed by atoms with Crippen molar-refractivity contribution in [2.45, 2.75) is 4.90 Å². The summed E-state index contributed by atoms with van der Waals surface area (Å²) in [6.07, 6.45) is 0. The standard InChI is InChI=1S/C14H11BrClNO3S/c15-12-7-6-10(8-13(12)16)17-14(18)9-21(19,20)11-4-2-1-3-5-11/h1-8H,9H2,(H,17,18). The number of hydrogen-bond donors (Lipinski definition) is 1. The van der Waals surface area contributed by atoms with Crippen LogP contribution in [0.15, 0.2) is 57.9 Å². The van der Waals surface area contributed by atoms with E-state index in [2.05, 4.69) is 21.2 Å². The second-order valence-electron chi connectivity index (χ2n) is 4.25. The fourth-order valence-corrected chi connectivity index (χ4v) is 3.24. The number of carbonyl (C=O) groups excluding carboxylic acids is 1. The molecule has 0 atom stereocenters. The van der Waals surface area contributed by atoms with Gasteiger partial charge >= 0.3 is 0 Å². The monoisotopic (exact) mass is 387 g/mol. The summed E-state index contributed by atoms with van der Waals surface area (Å²) in [5, 5.41) is 2.94. The molecule has 0 aromatic heterocycles. The summed E-state index contributed by atoms with van der Waals surface area (Å²) >= 11 is 9.14. The zero-order chi connectivity index (χ0) is 15.5. The number of anilines is 1. The van der Waals surface area contributed by atoms with E-state index < -0.39 is 21.5 Å². The van der Waals surface area contributed by atoms with Crippen molar-refractivity contribution in [3.8, 4) is 0 Å². The Bertz CT molecular complexity index is 763. The van der Waals surface area contributed by atoms with Gasteiger partial charge < -0.3 is 5.32 Å². The SMILES string of the molecule is O=C(CS(=O)(=O)c1ccccc1)Nc1ccc(Br)c(Cl)c1. The number of nitrogens with one attached hydrogen (secondary N) is 1. The Morgan fingerprint density at radius 1 is 1.14 bits per heavy atom. The van der Waals surface area contributed by atoms with E-state index in [1.165, 1.54) is 12.1 Å². The number of hydrogen-bond acceptors (Lipinski definition) is 3. The van der Waals surface area contributed by atoms with Gasteiger partial charge in [-0.05, 0) is 46.3 Å². The molecule has 0 bridgehead atoms. The molecule has 0 saturated heterocycles. The van der Waals surface area contributed by atoms with Crippen molar-refractivity contribution in [2.24, 2.45) is 0 Å². The maximum atomic E-state index is 12.1. The molecular weight excluding hydrogens is 378 g/mol. The molecule has 0 fully saturated rings. The lowest BCUT2D eigenvalue weighted by Crippen LogP contribution is -2.23. The fraction of sp³-hybridized carbons (Fsp3) is 0.0714. The minimum Gasteiger partial charge on any atom is -0.325 e. The van der Waals surface area contributed by atoms with Crippen LogP contribution >= 0.6 is 27.5 Å². The third-order valence-corrected chi connectivity index (χ3v) is 5.49. The van der Waals surface area contributed by atoms with Gasteiger partial charge in [-0.15, -0.1) is 0 Å². The van der Waals surface area contributed by atoms with Crippen LogP contribution in [-0.4, -0.2) is 20.1 Å². The molecule has 2 rings (SSSR count). The molecule has 0 aliphatic rings. The molecule has 0 aliphatic heterocycles. The number of sulfone groups is 1. The third kappa shape index (κ3) is 4.30. The van der Waals surface area contributed by atoms with Gasteiger partial charge in [0.25, 0.3) is 0 Å². The van der Waals surface area contributed by atoms with Crippen LogP contribution in [0.2, 0.25) is 5.02 Å². The Labute approximate surface area is 136 Å². The van der Waals surface area contributed by atoms with Crippen molar-refractivity contribution in [2.75, 3.05) is 11.1 Å². The van der Waals surface area contributed by atoms with E-state index in [1.807, 2.05) is 0 Å². The van der Waals surface area contributed by atoms with Gasteiger partial charge in [-0.25, -0.2) is 8.42 Å². The summed E-state index contributed by atoms with van der Waals surface area (Å²) in [6.45, 7) is 0. The molecule has 1 amide bonds. The maximum absolute atomic E-state index is 12.1. The van der Waals surface area contributed by atoms with E-state index in [0.717, 1.165) is 0 Å². The zero-order valence-electron chi connectivity index (χ0n) is 10.7. The first-order valence-corrected chi connectivity index (χ1v) is 8.73. The minimum atomic E-state index is -3.65. The Kier molecular flexibility index (Phi) is 5.03. The van der Waals surface area contributed by atoms with Crippen LogP contribution in [0.1, 0.15) is 0 Å². The summed E-state index contributed by atoms with van der Waals surface area (Å²) in [6, 6.07) is 12.7.